The molecule has 0 spiro atoms. The molecule has 0 unspecified atom stereocenters. The molecule has 1 aromatic heterocycles. The first-order chi connectivity index (χ1) is 13.0. The molecule has 0 radical (unpaired) electrons. The van der Waals surface area contributed by atoms with Crippen molar-refractivity contribution in [3.63, 3.8) is 0 Å². The molecule has 0 aliphatic rings. The molecular formula is C20H20BrClN4O. The van der Waals surface area contributed by atoms with Crippen molar-refractivity contribution < 1.29 is 4.74 Å². The zero-order chi connectivity index (χ0) is 19.2. The van der Waals surface area contributed by atoms with Crippen molar-refractivity contribution in [2.24, 2.45) is 0 Å². The highest BCUT2D eigenvalue weighted by molar-refractivity contribution is 9.10. The van der Waals surface area contributed by atoms with Crippen LogP contribution in [0.3, 0.4) is 0 Å². The molecule has 0 fully saturated rings. The third-order valence-electron chi connectivity index (χ3n) is 3.83. The Labute approximate surface area is 172 Å². The van der Waals surface area contributed by atoms with E-state index in [1.165, 1.54) is 0 Å². The van der Waals surface area contributed by atoms with Gasteiger partial charge in [0.25, 0.3) is 0 Å². The Hall–Kier alpha value is -2.31. The number of nitrogens with zero attached hydrogens (tertiary/aromatic N) is 2. The maximum atomic E-state index is 5.95. The second kappa shape index (κ2) is 9.06. The van der Waals surface area contributed by atoms with Gasteiger partial charge >= 0.3 is 0 Å². The number of benzene rings is 2. The lowest BCUT2D eigenvalue weighted by atomic mass is 10.1. The van der Waals surface area contributed by atoms with E-state index in [9.17, 15) is 0 Å². The minimum Gasteiger partial charge on any atom is -0.493 e. The van der Waals surface area contributed by atoms with E-state index < -0.39 is 0 Å². The van der Waals surface area contributed by atoms with Crippen LogP contribution in [0.25, 0.3) is 11.3 Å². The van der Waals surface area contributed by atoms with E-state index >= 15 is 0 Å². The van der Waals surface area contributed by atoms with Gasteiger partial charge in [0.1, 0.15) is 11.6 Å². The van der Waals surface area contributed by atoms with Gasteiger partial charge in [0.15, 0.2) is 0 Å². The largest absolute Gasteiger partial charge is 0.493 e. The number of nitrogens with one attached hydrogen (secondary N) is 1. The summed E-state index contributed by atoms with van der Waals surface area (Å²) >= 11 is 9.45. The van der Waals surface area contributed by atoms with Crippen LogP contribution >= 0.6 is 27.5 Å². The molecule has 0 aliphatic heterocycles. The maximum Gasteiger partial charge on any atom is 0.222 e. The second-order valence-corrected chi connectivity index (χ2v) is 7.32. The van der Waals surface area contributed by atoms with Crippen molar-refractivity contribution in [1.82, 2.24) is 9.97 Å². The van der Waals surface area contributed by atoms with Crippen molar-refractivity contribution in [2.45, 2.75) is 19.8 Å². The molecule has 3 aromatic rings. The number of rotatable bonds is 7. The number of nitrogen functional groups attached to an aromatic ring is 1. The molecule has 0 bridgehead atoms. The molecule has 0 aliphatic carbocycles. The first-order valence-electron chi connectivity index (χ1n) is 8.65. The molecule has 0 amide bonds. The summed E-state index contributed by atoms with van der Waals surface area (Å²) in [6, 6.07) is 15.1. The molecular weight excluding hydrogens is 428 g/mol. The van der Waals surface area contributed by atoms with Crippen LogP contribution in [0.1, 0.15) is 19.8 Å². The Morgan fingerprint density at radius 1 is 1.11 bits per heavy atom. The van der Waals surface area contributed by atoms with Gasteiger partial charge in [0, 0.05) is 26.8 Å². The minimum absolute atomic E-state index is 0.184. The number of anilines is 3. The fourth-order valence-corrected chi connectivity index (χ4v) is 2.99. The van der Waals surface area contributed by atoms with E-state index in [0.717, 1.165) is 34.3 Å². The van der Waals surface area contributed by atoms with E-state index in [2.05, 4.69) is 38.1 Å². The third kappa shape index (κ3) is 5.34. The van der Waals surface area contributed by atoms with Crippen molar-refractivity contribution in [3.05, 3.63) is 58.0 Å². The lowest BCUT2D eigenvalue weighted by Crippen LogP contribution is -2.03. The molecule has 0 saturated carbocycles. The topological polar surface area (TPSA) is 73.1 Å². The number of aromatic nitrogens is 2. The summed E-state index contributed by atoms with van der Waals surface area (Å²) in [5, 5.41) is 3.90. The molecule has 27 heavy (non-hydrogen) atoms. The molecule has 3 rings (SSSR count). The number of nitrogens with two attached hydrogens (primary N) is 1. The highest BCUT2D eigenvalue weighted by Gasteiger charge is 2.12. The smallest absolute Gasteiger partial charge is 0.222 e. The average Bonchev–Trinajstić information content (AvgIpc) is 2.64. The third-order valence-corrected chi connectivity index (χ3v) is 4.58. The van der Waals surface area contributed by atoms with Gasteiger partial charge in [-0.1, -0.05) is 40.9 Å². The molecule has 0 saturated heterocycles. The van der Waals surface area contributed by atoms with Gasteiger partial charge in [-0.05, 0) is 48.9 Å². The molecule has 0 atom stereocenters. The van der Waals surface area contributed by atoms with Crippen LogP contribution in [0.4, 0.5) is 17.5 Å². The van der Waals surface area contributed by atoms with Crippen molar-refractivity contribution in [3.8, 4) is 17.0 Å². The Morgan fingerprint density at radius 2 is 1.89 bits per heavy atom. The summed E-state index contributed by atoms with van der Waals surface area (Å²) in [5.41, 5.74) is 8.35. The number of unbranched alkanes of at least 4 members (excludes halogenated alkanes) is 1. The van der Waals surface area contributed by atoms with Crippen LogP contribution < -0.4 is 15.8 Å². The van der Waals surface area contributed by atoms with Crippen LogP contribution in [0.15, 0.2) is 53.0 Å². The summed E-state index contributed by atoms with van der Waals surface area (Å²) in [6.07, 6.45) is 2.06. The SMILES string of the molecule is CCCCOc1ccc(Br)cc1-c1cc(Nc2ccc(Cl)cc2)nc(N)n1. The summed E-state index contributed by atoms with van der Waals surface area (Å²) < 4.78 is 6.88. The standard InChI is InChI=1S/C20H20BrClN4O/c1-2-3-10-27-18-9-4-13(21)11-16(18)17-12-19(26-20(23)25-17)24-15-7-5-14(22)6-8-15/h4-9,11-12H,2-3,10H2,1H3,(H3,23,24,25,26). The highest BCUT2D eigenvalue weighted by Crippen LogP contribution is 2.33. The molecule has 3 N–H and O–H groups in total. The number of hydrogen-bond donors (Lipinski definition) is 2. The monoisotopic (exact) mass is 446 g/mol. The van der Waals surface area contributed by atoms with Crippen molar-refractivity contribution in [1.29, 1.82) is 0 Å². The Kier molecular flexibility index (Phi) is 6.53. The fraction of sp³-hybridized carbons (Fsp3) is 0.200. The Morgan fingerprint density at radius 3 is 2.63 bits per heavy atom. The van der Waals surface area contributed by atoms with Gasteiger partial charge in [-0.15, -0.1) is 0 Å². The zero-order valence-corrected chi connectivity index (χ0v) is 17.2. The molecule has 1 heterocycles. The first-order valence-corrected chi connectivity index (χ1v) is 9.82. The van der Waals surface area contributed by atoms with Gasteiger partial charge in [0.05, 0.1) is 12.3 Å². The highest BCUT2D eigenvalue weighted by atomic mass is 79.9. The van der Waals surface area contributed by atoms with Gasteiger partial charge in [0.2, 0.25) is 5.95 Å². The lowest BCUT2D eigenvalue weighted by molar-refractivity contribution is 0.310. The van der Waals surface area contributed by atoms with E-state index in [4.69, 9.17) is 22.1 Å². The van der Waals surface area contributed by atoms with Crippen molar-refractivity contribution in [2.75, 3.05) is 17.7 Å². The van der Waals surface area contributed by atoms with E-state index in [0.29, 0.717) is 23.1 Å². The number of halogens is 2. The normalized spacial score (nSPS) is 10.6. The Balaban J connectivity index is 1.93. The Bertz CT molecular complexity index is 918. The van der Waals surface area contributed by atoms with Crippen LogP contribution in [-0.4, -0.2) is 16.6 Å². The summed E-state index contributed by atoms with van der Waals surface area (Å²) in [5.74, 6) is 1.55. The predicted molar refractivity (Wildman–Crippen MR) is 115 cm³/mol. The average molecular weight is 448 g/mol. The van der Waals surface area contributed by atoms with Gasteiger partial charge in [-0.25, -0.2) is 4.98 Å². The van der Waals surface area contributed by atoms with Crippen LogP contribution in [-0.2, 0) is 0 Å². The van der Waals surface area contributed by atoms with Crippen molar-refractivity contribution >= 4 is 45.0 Å². The van der Waals surface area contributed by atoms with Crippen LogP contribution in [0.2, 0.25) is 5.02 Å². The quantitative estimate of drug-likeness (QED) is 0.430. The maximum absolute atomic E-state index is 5.95. The summed E-state index contributed by atoms with van der Waals surface area (Å²) in [7, 11) is 0. The van der Waals surface area contributed by atoms with Crippen LogP contribution in [0.5, 0.6) is 5.75 Å². The van der Waals surface area contributed by atoms with Crippen LogP contribution in [0, 0.1) is 0 Å². The summed E-state index contributed by atoms with van der Waals surface area (Å²) in [6.45, 7) is 2.78. The lowest BCUT2D eigenvalue weighted by Gasteiger charge is -2.13. The first kappa shape index (κ1) is 19.5. The zero-order valence-electron chi connectivity index (χ0n) is 14.9. The number of ether oxygens (including phenoxy) is 1. The number of hydrogen-bond acceptors (Lipinski definition) is 5. The molecule has 140 valence electrons. The molecule has 7 heteroatoms. The van der Waals surface area contributed by atoms with Gasteiger partial charge in [-0.3, -0.25) is 0 Å². The summed E-state index contributed by atoms with van der Waals surface area (Å²) in [4.78, 5) is 8.67. The van der Waals surface area contributed by atoms with Gasteiger partial charge in [-0.2, -0.15) is 4.98 Å². The van der Waals surface area contributed by atoms with E-state index in [-0.39, 0.29) is 5.95 Å². The predicted octanol–water partition coefficient (Wildman–Crippen LogP) is 6.06. The second-order valence-electron chi connectivity index (χ2n) is 5.97. The molecule has 2 aromatic carbocycles. The van der Waals surface area contributed by atoms with E-state index in [1.54, 1.807) is 0 Å². The van der Waals surface area contributed by atoms with E-state index in [1.807, 2.05) is 48.5 Å². The minimum atomic E-state index is 0.184. The molecule has 5 nitrogen and oxygen atoms in total. The van der Waals surface area contributed by atoms with Gasteiger partial charge < -0.3 is 15.8 Å². The fourth-order valence-electron chi connectivity index (χ4n) is 2.50.